The molecule has 190 valence electrons. The lowest BCUT2D eigenvalue weighted by Crippen LogP contribution is -2.47. The van der Waals surface area contributed by atoms with E-state index in [0.29, 0.717) is 5.56 Å². The number of rotatable bonds is 9. The van der Waals surface area contributed by atoms with E-state index in [4.69, 9.17) is 26.8 Å². The fourth-order valence-electron chi connectivity index (χ4n) is 3.89. The zero-order valence-corrected chi connectivity index (χ0v) is 19.6. The monoisotopic (exact) mass is 521 g/mol. The van der Waals surface area contributed by atoms with E-state index in [1.165, 1.54) is 42.3 Å². The van der Waals surface area contributed by atoms with E-state index >= 15 is 0 Å². The number of alkyl halides is 1. The highest BCUT2D eigenvalue weighted by Gasteiger charge is 2.44. The summed E-state index contributed by atoms with van der Waals surface area (Å²) < 4.78 is 32.1. The van der Waals surface area contributed by atoms with Crippen LogP contribution >= 0.6 is 11.6 Å². The maximum atomic E-state index is 14.9. The quantitative estimate of drug-likeness (QED) is 0.182. The van der Waals surface area contributed by atoms with E-state index in [9.17, 15) is 23.9 Å². The fraction of sp³-hybridized carbons (Fsp3) is 0.364. The molecule has 0 radical (unpaired) electrons. The van der Waals surface area contributed by atoms with Crippen molar-refractivity contribution in [2.24, 2.45) is 0 Å². The van der Waals surface area contributed by atoms with Gasteiger partial charge in [-0.2, -0.15) is 9.97 Å². The summed E-state index contributed by atoms with van der Waals surface area (Å²) in [4.78, 5) is 47.4. The first-order valence-electron chi connectivity index (χ1n) is 10.6. The standard InChI is InChI=1S/C22H21ClFN5O7/c1-34-19(31)12-4-2-11(3-5-12)7-22(9-30,20(32)33)35-8-13-6-14(24)18(36-13)29-10-26-15-16(25)27-21(23)28-17(15)29/h2-5,9-10,13-14,18H,6-8H2,1H3,(H,32,33)(H2,25,27,28). The number of nitrogens with two attached hydrogens (primary N) is 1. The third-order valence-corrected chi connectivity index (χ3v) is 5.91. The molecule has 1 fully saturated rings. The van der Waals surface area contributed by atoms with Gasteiger partial charge in [-0.25, -0.2) is 19.0 Å². The number of benzene rings is 1. The first kappa shape index (κ1) is 25.4. The Balaban J connectivity index is 1.48. The van der Waals surface area contributed by atoms with Crippen LogP contribution in [-0.2, 0) is 30.2 Å². The zero-order chi connectivity index (χ0) is 26.0. The van der Waals surface area contributed by atoms with Crippen LogP contribution in [-0.4, -0.2) is 74.4 Å². The molecule has 4 atom stereocenters. The Morgan fingerprint density at radius 1 is 1.36 bits per heavy atom. The van der Waals surface area contributed by atoms with Crippen LogP contribution < -0.4 is 5.73 Å². The lowest BCUT2D eigenvalue weighted by Gasteiger charge is -2.25. The van der Waals surface area contributed by atoms with Gasteiger partial charge in [0.25, 0.3) is 0 Å². The Labute approximate surface area is 208 Å². The second-order valence-corrected chi connectivity index (χ2v) is 8.43. The van der Waals surface area contributed by atoms with Crippen molar-refractivity contribution in [1.29, 1.82) is 0 Å². The fourth-order valence-corrected chi connectivity index (χ4v) is 4.06. The molecule has 1 aliphatic heterocycles. The lowest BCUT2D eigenvalue weighted by molar-refractivity contribution is -0.172. The van der Waals surface area contributed by atoms with Gasteiger partial charge in [-0.3, -0.25) is 9.36 Å². The van der Waals surface area contributed by atoms with Crippen molar-refractivity contribution in [3.05, 3.63) is 47.0 Å². The molecule has 0 aliphatic carbocycles. The second kappa shape index (κ2) is 10.1. The van der Waals surface area contributed by atoms with E-state index in [0.717, 1.165) is 0 Å². The highest BCUT2D eigenvalue weighted by atomic mass is 35.5. The average Bonchev–Trinajstić information content (AvgIpc) is 3.44. The van der Waals surface area contributed by atoms with Gasteiger partial charge in [0.15, 0.2) is 24.0 Å². The minimum Gasteiger partial charge on any atom is -0.479 e. The van der Waals surface area contributed by atoms with Crippen molar-refractivity contribution in [2.75, 3.05) is 19.5 Å². The third kappa shape index (κ3) is 4.85. The van der Waals surface area contributed by atoms with Crippen LogP contribution in [0.3, 0.4) is 0 Å². The number of hydrogen-bond donors (Lipinski definition) is 2. The Morgan fingerprint density at radius 2 is 2.08 bits per heavy atom. The van der Waals surface area contributed by atoms with Crippen LogP contribution in [0.2, 0.25) is 5.28 Å². The molecule has 1 aliphatic rings. The van der Waals surface area contributed by atoms with E-state index in [1.807, 2.05) is 0 Å². The van der Waals surface area contributed by atoms with Crippen LogP contribution in [0.25, 0.3) is 11.2 Å². The summed E-state index contributed by atoms with van der Waals surface area (Å²) in [6, 6.07) is 5.85. The lowest BCUT2D eigenvalue weighted by atomic mass is 9.95. The SMILES string of the molecule is COC(=O)c1ccc(CC(C=O)(OCC2CC(F)C(n3cnc4c(N)nc(Cl)nc43)O2)C(=O)O)cc1. The number of esters is 1. The molecular weight excluding hydrogens is 501 g/mol. The molecule has 36 heavy (non-hydrogen) atoms. The van der Waals surface area contributed by atoms with Crippen molar-refractivity contribution in [2.45, 2.75) is 36.9 Å². The van der Waals surface area contributed by atoms with Crippen molar-refractivity contribution in [3.8, 4) is 0 Å². The van der Waals surface area contributed by atoms with Gasteiger partial charge in [0.1, 0.15) is 11.7 Å². The highest BCUT2D eigenvalue weighted by molar-refractivity contribution is 6.28. The number of imidazole rings is 1. The Hall–Kier alpha value is -3.68. The molecule has 0 saturated carbocycles. The molecular formula is C22H21ClFN5O7. The van der Waals surface area contributed by atoms with Crippen LogP contribution in [0.15, 0.2) is 30.6 Å². The molecule has 14 heteroatoms. The molecule has 0 spiro atoms. The second-order valence-electron chi connectivity index (χ2n) is 8.09. The first-order valence-corrected chi connectivity index (χ1v) is 11.0. The number of anilines is 1. The Morgan fingerprint density at radius 3 is 2.72 bits per heavy atom. The number of carbonyl (C=O) groups is 3. The van der Waals surface area contributed by atoms with Crippen molar-refractivity contribution >= 4 is 46.8 Å². The van der Waals surface area contributed by atoms with Crippen LogP contribution in [0.1, 0.15) is 28.6 Å². The van der Waals surface area contributed by atoms with Crippen molar-refractivity contribution in [3.63, 3.8) is 0 Å². The van der Waals surface area contributed by atoms with Crippen molar-refractivity contribution < 1.29 is 38.1 Å². The maximum Gasteiger partial charge on any atom is 0.343 e. The number of carboxylic acids is 1. The number of hydrogen-bond acceptors (Lipinski definition) is 10. The number of aromatic nitrogens is 4. The van der Waals surface area contributed by atoms with Gasteiger partial charge in [0.05, 0.1) is 31.7 Å². The van der Waals surface area contributed by atoms with Crippen LogP contribution in [0.5, 0.6) is 0 Å². The number of ether oxygens (including phenoxy) is 3. The average molecular weight is 522 g/mol. The number of nitrogens with zero attached hydrogens (tertiary/aromatic N) is 4. The molecule has 3 heterocycles. The van der Waals surface area contributed by atoms with E-state index in [1.54, 1.807) is 0 Å². The summed E-state index contributed by atoms with van der Waals surface area (Å²) in [7, 11) is 1.23. The van der Waals surface area contributed by atoms with E-state index in [-0.39, 0.29) is 53.6 Å². The Kier molecular flexibility index (Phi) is 7.15. The molecule has 12 nitrogen and oxygen atoms in total. The third-order valence-electron chi connectivity index (χ3n) is 5.75. The number of carboxylic acid groups (broad SMARTS) is 1. The molecule has 0 amide bonds. The van der Waals surface area contributed by atoms with Crippen LogP contribution in [0, 0.1) is 0 Å². The largest absolute Gasteiger partial charge is 0.479 e. The summed E-state index contributed by atoms with van der Waals surface area (Å²) in [5, 5.41) is 9.62. The number of carbonyl (C=O) groups excluding carboxylic acids is 2. The van der Waals surface area contributed by atoms with Gasteiger partial charge in [0.2, 0.25) is 10.9 Å². The van der Waals surface area contributed by atoms with Gasteiger partial charge in [-0.1, -0.05) is 12.1 Å². The minimum absolute atomic E-state index is 0.0221. The molecule has 0 bridgehead atoms. The van der Waals surface area contributed by atoms with Crippen molar-refractivity contribution in [1.82, 2.24) is 19.5 Å². The summed E-state index contributed by atoms with van der Waals surface area (Å²) in [6.07, 6.45) is -2.56. The molecule has 4 rings (SSSR count). The number of nitrogen functional groups attached to an aromatic ring is 1. The normalized spacial score (nSPS) is 21.2. The van der Waals surface area contributed by atoms with E-state index < -0.39 is 36.0 Å². The van der Waals surface area contributed by atoms with Gasteiger partial charge < -0.3 is 25.1 Å². The predicted molar refractivity (Wildman–Crippen MR) is 122 cm³/mol. The number of halogens is 2. The molecule has 1 aromatic carbocycles. The molecule has 1 saturated heterocycles. The molecule has 3 N–H and O–H groups in total. The summed E-state index contributed by atoms with van der Waals surface area (Å²) >= 11 is 5.86. The number of fused-ring (bicyclic) bond motifs is 1. The van der Waals surface area contributed by atoms with Gasteiger partial charge in [0, 0.05) is 12.8 Å². The zero-order valence-electron chi connectivity index (χ0n) is 18.8. The number of aliphatic carboxylic acids is 1. The summed E-state index contributed by atoms with van der Waals surface area (Å²) in [5.41, 5.74) is 4.60. The minimum atomic E-state index is -2.25. The number of methoxy groups -OCH3 is 1. The smallest absolute Gasteiger partial charge is 0.343 e. The molecule has 3 aromatic rings. The molecule has 2 aromatic heterocycles. The first-order chi connectivity index (χ1) is 17.2. The van der Waals surface area contributed by atoms with Crippen LogP contribution in [0.4, 0.5) is 10.2 Å². The maximum absolute atomic E-state index is 14.9. The predicted octanol–water partition coefficient (Wildman–Crippen LogP) is 1.76. The summed E-state index contributed by atoms with van der Waals surface area (Å²) in [5.74, 6) is -2.06. The van der Waals surface area contributed by atoms with Gasteiger partial charge in [-0.05, 0) is 29.3 Å². The van der Waals surface area contributed by atoms with E-state index in [2.05, 4.69) is 19.7 Å². The number of aldehydes is 1. The highest BCUT2D eigenvalue weighted by Crippen LogP contribution is 2.35. The van der Waals surface area contributed by atoms with Gasteiger partial charge >= 0.3 is 11.9 Å². The van der Waals surface area contributed by atoms with Gasteiger partial charge in [-0.15, -0.1) is 0 Å². The topological polar surface area (TPSA) is 169 Å². The molecule has 4 unspecified atom stereocenters. The Bertz CT molecular complexity index is 1300. The summed E-state index contributed by atoms with van der Waals surface area (Å²) in [6.45, 7) is -0.382.